The lowest BCUT2D eigenvalue weighted by molar-refractivity contribution is 0.722. The van der Waals surface area contributed by atoms with Gasteiger partial charge in [0.25, 0.3) is 0 Å². The summed E-state index contributed by atoms with van der Waals surface area (Å²) in [5.74, 6) is 1.90. The van der Waals surface area contributed by atoms with Gasteiger partial charge in [0.05, 0.1) is 0 Å². The van der Waals surface area contributed by atoms with E-state index in [9.17, 15) is 0 Å². The Hall–Kier alpha value is -1.06. The van der Waals surface area contributed by atoms with Gasteiger partial charge in [0.1, 0.15) is 11.6 Å². The maximum absolute atomic E-state index is 3.00. The highest BCUT2D eigenvalue weighted by Crippen LogP contribution is 1.84. The van der Waals surface area contributed by atoms with Crippen LogP contribution in [0.25, 0.3) is 0 Å². The minimum Gasteiger partial charge on any atom is -0.372 e. The van der Waals surface area contributed by atoms with Crippen molar-refractivity contribution in [3.8, 4) is 0 Å². The maximum Gasteiger partial charge on any atom is 0.139 e. The highest BCUT2D eigenvalue weighted by atomic mass is 15.2. The minimum atomic E-state index is 0.949. The zero-order chi connectivity index (χ0) is 7.98. The molecule has 0 rings (SSSR count). The molecule has 0 bridgehead atoms. The molecule has 0 spiro atoms. The van der Waals surface area contributed by atoms with Crippen LogP contribution in [-0.2, 0) is 0 Å². The summed E-state index contributed by atoms with van der Waals surface area (Å²) in [5, 5.41) is 12.0. The van der Waals surface area contributed by atoms with E-state index in [-0.39, 0.29) is 0 Å². The van der Waals surface area contributed by atoms with Gasteiger partial charge in [0.2, 0.25) is 0 Å². The van der Waals surface area contributed by atoms with Crippen molar-refractivity contribution >= 4 is 0 Å². The van der Waals surface area contributed by atoms with Crippen LogP contribution in [0.15, 0.2) is 11.6 Å². The SMILES string of the molecule is CNC(NC)=C(NC)NC. The lowest BCUT2D eigenvalue weighted by atomic mass is 10.6. The van der Waals surface area contributed by atoms with Crippen LogP contribution in [0.4, 0.5) is 0 Å². The van der Waals surface area contributed by atoms with E-state index < -0.39 is 0 Å². The van der Waals surface area contributed by atoms with Crippen molar-refractivity contribution in [2.75, 3.05) is 28.2 Å². The van der Waals surface area contributed by atoms with Gasteiger partial charge < -0.3 is 21.3 Å². The third-order valence-electron chi connectivity index (χ3n) is 1.25. The second-order valence-corrected chi connectivity index (χ2v) is 1.75. The van der Waals surface area contributed by atoms with Gasteiger partial charge in [-0.1, -0.05) is 0 Å². The van der Waals surface area contributed by atoms with Crippen LogP contribution in [0.1, 0.15) is 0 Å². The second kappa shape index (κ2) is 4.78. The van der Waals surface area contributed by atoms with Gasteiger partial charge in [-0.15, -0.1) is 0 Å². The molecule has 0 aromatic rings. The summed E-state index contributed by atoms with van der Waals surface area (Å²) in [6.07, 6.45) is 0. The lowest BCUT2D eigenvalue weighted by Crippen LogP contribution is -2.32. The van der Waals surface area contributed by atoms with Crippen molar-refractivity contribution in [3.05, 3.63) is 11.6 Å². The zero-order valence-electron chi connectivity index (χ0n) is 7.00. The largest absolute Gasteiger partial charge is 0.372 e. The van der Waals surface area contributed by atoms with Crippen LogP contribution >= 0.6 is 0 Å². The van der Waals surface area contributed by atoms with Gasteiger partial charge in [-0.05, 0) is 0 Å². The first kappa shape index (κ1) is 8.94. The minimum absolute atomic E-state index is 0.949. The third-order valence-corrected chi connectivity index (χ3v) is 1.25. The molecular weight excluding hydrogens is 128 g/mol. The fraction of sp³-hybridized carbons (Fsp3) is 0.667. The normalized spacial score (nSPS) is 8.00. The molecule has 0 aliphatic heterocycles. The Morgan fingerprint density at radius 2 is 0.800 bits per heavy atom. The first-order chi connectivity index (χ1) is 4.79. The van der Waals surface area contributed by atoms with Crippen molar-refractivity contribution in [2.45, 2.75) is 0 Å². The van der Waals surface area contributed by atoms with E-state index in [4.69, 9.17) is 0 Å². The molecule has 0 saturated heterocycles. The molecule has 0 atom stereocenters. The molecular formula is C6H16N4. The molecule has 4 heteroatoms. The van der Waals surface area contributed by atoms with Crippen LogP contribution < -0.4 is 21.3 Å². The molecule has 0 saturated carbocycles. The number of hydrogen-bond donors (Lipinski definition) is 4. The molecule has 0 unspecified atom stereocenters. The molecule has 0 aromatic heterocycles. The van der Waals surface area contributed by atoms with Crippen LogP contribution in [0.5, 0.6) is 0 Å². The smallest absolute Gasteiger partial charge is 0.139 e. The van der Waals surface area contributed by atoms with Gasteiger partial charge in [0.15, 0.2) is 0 Å². The monoisotopic (exact) mass is 144 g/mol. The van der Waals surface area contributed by atoms with Gasteiger partial charge in [-0.3, -0.25) is 0 Å². The first-order valence-electron chi connectivity index (χ1n) is 3.25. The van der Waals surface area contributed by atoms with Crippen molar-refractivity contribution < 1.29 is 0 Å². The van der Waals surface area contributed by atoms with Crippen LogP contribution in [0, 0.1) is 0 Å². The average molecular weight is 144 g/mol. The molecule has 0 heterocycles. The van der Waals surface area contributed by atoms with E-state index in [0.29, 0.717) is 0 Å². The fourth-order valence-electron chi connectivity index (χ4n) is 0.750. The molecule has 0 aliphatic carbocycles. The molecule has 0 aromatic carbocycles. The Morgan fingerprint density at radius 3 is 0.900 bits per heavy atom. The van der Waals surface area contributed by atoms with E-state index in [1.165, 1.54) is 0 Å². The Bertz CT molecular complexity index is 92.9. The summed E-state index contributed by atoms with van der Waals surface area (Å²) in [6, 6.07) is 0. The standard InChI is InChI=1S/C6H16N4/c1-7-5(8-2)6(9-3)10-4/h7-10H,1-4H3. The Labute approximate surface area is 62.1 Å². The number of rotatable bonds is 4. The van der Waals surface area contributed by atoms with E-state index in [1.54, 1.807) is 0 Å². The molecule has 4 nitrogen and oxygen atoms in total. The van der Waals surface area contributed by atoms with Crippen LogP contribution in [0.2, 0.25) is 0 Å². The molecule has 60 valence electrons. The summed E-state index contributed by atoms with van der Waals surface area (Å²) < 4.78 is 0. The Balaban J connectivity index is 4.20. The predicted molar refractivity (Wildman–Crippen MR) is 43.3 cm³/mol. The molecule has 0 amide bonds. The fourth-order valence-corrected chi connectivity index (χ4v) is 0.750. The summed E-state index contributed by atoms with van der Waals surface area (Å²) in [4.78, 5) is 0. The quantitative estimate of drug-likeness (QED) is 0.408. The number of hydrogen-bond acceptors (Lipinski definition) is 4. The predicted octanol–water partition coefficient (Wildman–Crippen LogP) is -1.01. The van der Waals surface area contributed by atoms with E-state index in [0.717, 1.165) is 11.6 Å². The van der Waals surface area contributed by atoms with Crippen molar-refractivity contribution in [1.82, 2.24) is 21.3 Å². The first-order valence-corrected chi connectivity index (χ1v) is 3.25. The Morgan fingerprint density at radius 1 is 0.600 bits per heavy atom. The highest BCUT2D eigenvalue weighted by Gasteiger charge is 1.96. The van der Waals surface area contributed by atoms with Crippen LogP contribution in [0.3, 0.4) is 0 Å². The van der Waals surface area contributed by atoms with E-state index in [1.807, 2.05) is 28.2 Å². The lowest BCUT2D eigenvalue weighted by Gasteiger charge is -2.12. The van der Waals surface area contributed by atoms with E-state index >= 15 is 0 Å². The van der Waals surface area contributed by atoms with Crippen molar-refractivity contribution in [1.29, 1.82) is 0 Å². The van der Waals surface area contributed by atoms with Gasteiger partial charge in [0, 0.05) is 28.2 Å². The summed E-state index contributed by atoms with van der Waals surface area (Å²) in [6.45, 7) is 0. The molecule has 10 heavy (non-hydrogen) atoms. The third kappa shape index (κ3) is 2.05. The Kier molecular flexibility index (Phi) is 4.28. The molecule has 0 aliphatic rings. The second-order valence-electron chi connectivity index (χ2n) is 1.75. The number of nitrogens with one attached hydrogen (secondary N) is 4. The molecule has 4 N–H and O–H groups in total. The topological polar surface area (TPSA) is 48.1 Å². The summed E-state index contributed by atoms with van der Waals surface area (Å²) >= 11 is 0. The highest BCUT2D eigenvalue weighted by molar-refractivity contribution is 5.05. The molecule has 0 fully saturated rings. The van der Waals surface area contributed by atoms with Gasteiger partial charge in [-0.2, -0.15) is 0 Å². The zero-order valence-corrected chi connectivity index (χ0v) is 7.00. The van der Waals surface area contributed by atoms with Gasteiger partial charge in [-0.25, -0.2) is 0 Å². The summed E-state index contributed by atoms with van der Waals surface area (Å²) in [5.41, 5.74) is 0. The van der Waals surface area contributed by atoms with E-state index in [2.05, 4.69) is 21.3 Å². The van der Waals surface area contributed by atoms with Crippen molar-refractivity contribution in [2.24, 2.45) is 0 Å². The van der Waals surface area contributed by atoms with Crippen LogP contribution in [-0.4, -0.2) is 28.2 Å². The summed E-state index contributed by atoms with van der Waals surface area (Å²) in [7, 11) is 7.45. The average Bonchev–Trinajstić information content (AvgIpc) is 2.00. The maximum atomic E-state index is 3.00. The van der Waals surface area contributed by atoms with Gasteiger partial charge >= 0.3 is 0 Å². The molecule has 0 radical (unpaired) electrons. The van der Waals surface area contributed by atoms with Crippen molar-refractivity contribution in [3.63, 3.8) is 0 Å².